The van der Waals surface area contributed by atoms with Crippen molar-refractivity contribution >= 4 is 11.6 Å². The summed E-state index contributed by atoms with van der Waals surface area (Å²) in [6, 6.07) is 7.37. The number of amides is 1. The maximum absolute atomic E-state index is 12.5. The molecular formula is C19H20N4O3. The van der Waals surface area contributed by atoms with Crippen molar-refractivity contribution in [1.82, 2.24) is 14.8 Å². The predicted molar refractivity (Wildman–Crippen MR) is 96.0 cm³/mol. The molecule has 2 aromatic heterocycles. The molecule has 1 N–H and O–H groups in total. The van der Waals surface area contributed by atoms with E-state index < -0.39 is 0 Å². The number of aromatic nitrogens is 3. The van der Waals surface area contributed by atoms with Gasteiger partial charge in [0, 0.05) is 18.2 Å². The molecule has 7 heteroatoms. The molecule has 4 bridgehead atoms. The zero-order valence-electron chi connectivity index (χ0n) is 14.9. The van der Waals surface area contributed by atoms with Crippen molar-refractivity contribution in [3.05, 3.63) is 48.6 Å². The highest BCUT2D eigenvalue weighted by atomic mass is 16.5. The first kappa shape index (κ1) is 16.4. The van der Waals surface area contributed by atoms with Gasteiger partial charge in [-0.1, -0.05) is 26.0 Å². The van der Waals surface area contributed by atoms with Gasteiger partial charge in [-0.25, -0.2) is 4.98 Å². The van der Waals surface area contributed by atoms with E-state index in [0.717, 1.165) is 5.56 Å². The Morgan fingerprint density at radius 1 is 1.31 bits per heavy atom. The largest absolute Gasteiger partial charge is 0.488 e. The van der Waals surface area contributed by atoms with Gasteiger partial charge in [-0.05, 0) is 19.1 Å². The molecule has 1 atom stereocenters. The third kappa shape index (κ3) is 2.96. The zero-order valence-corrected chi connectivity index (χ0v) is 14.9. The Morgan fingerprint density at radius 2 is 2.12 bits per heavy atom. The topological polar surface area (TPSA) is 82.2 Å². The molecule has 4 rings (SSSR count). The molecule has 0 aliphatic carbocycles. The summed E-state index contributed by atoms with van der Waals surface area (Å²) in [5.74, 6) is 0.629. The number of para-hydroxylation sites is 2. The molecule has 0 saturated heterocycles. The summed E-state index contributed by atoms with van der Waals surface area (Å²) in [6.45, 7) is 6.93. The number of rotatable bonds is 0. The summed E-state index contributed by atoms with van der Waals surface area (Å²) in [4.78, 5) is 16.8. The van der Waals surface area contributed by atoms with E-state index in [1.54, 1.807) is 12.3 Å². The number of nitrogens with zero attached hydrogens (tertiary/aromatic N) is 3. The number of carbonyl (C=O) groups excluding carboxylic acids is 1. The number of hydrogen-bond donors (Lipinski definition) is 1. The molecule has 7 nitrogen and oxygen atoms in total. The van der Waals surface area contributed by atoms with Crippen LogP contribution in [-0.4, -0.2) is 26.8 Å². The maximum atomic E-state index is 12.5. The molecule has 1 aromatic carbocycles. The second kappa shape index (κ2) is 6.01. The number of oxazole rings is 1. The lowest BCUT2D eigenvalue weighted by molar-refractivity contribution is 0.0716. The van der Waals surface area contributed by atoms with E-state index in [2.05, 4.69) is 29.2 Å². The molecule has 1 amide bonds. The minimum Gasteiger partial charge on any atom is -0.488 e. The zero-order chi connectivity index (χ0) is 18.3. The van der Waals surface area contributed by atoms with Crippen molar-refractivity contribution in [2.45, 2.75) is 33.4 Å². The van der Waals surface area contributed by atoms with Crippen molar-refractivity contribution in [3.63, 3.8) is 0 Å². The SMILES string of the molecule is CC1Oc2ccccc2NC(=O)c2coc(n2)-c2cnn(c2)CC1(C)C. The lowest BCUT2D eigenvalue weighted by atomic mass is 9.87. The van der Waals surface area contributed by atoms with Crippen LogP contribution in [0.4, 0.5) is 5.69 Å². The van der Waals surface area contributed by atoms with Crippen LogP contribution in [0.3, 0.4) is 0 Å². The molecule has 134 valence electrons. The van der Waals surface area contributed by atoms with Crippen molar-refractivity contribution in [2.75, 3.05) is 5.32 Å². The number of fused-ring (bicyclic) bond motifs is 6. The quantitative estimate of drug-likeness (QED) is 0.668. The molecule has 0 fully saturated rings. The van der Waals surface area contributed by atoms with Crippen LogP contribution in [-0.2, 0) is 6.54 Å². The van der Waals surface area contributed by atoms with Crippen LogP contribution in [0.15, 0.2) is 47.3 Å². The van der Waals surface area contributed by atoms with Gasteiger partial charge < -0.3 is 14.5 Å². The van der Waals surface area contributed by atoms with E-state index in [1.165, 1.54) is 6.26 Å². The highest BCUT2D eigenvalue weighted by Crippen LogP contribution is 2.32. The lowest BCUT2D eigenvalue weighted by Crippen LogP contribution is -2.36. The summed E-state index contributed by atoms with van der Waals surface area (Å²) in [6.07, 6.45) is 4.78. The molecule has 26 heavy (non-hydrogen) atoms. The van der Waals surface area contributed by atoms with Gasteiger partial charge in [-0.2, -0.15) is 5.10 Å². The average molecular weight is 352 g/mol. The lowest BCUT2D eigenvalue weighted by Gasteiger charge is -2.32. The van der Waals surface area contributed by atoms with Crippen LogP contribution in [0.25, 0.3) is 11.5 Å². The summed E-state index contributed by atoms with van der Waals surface area (Å²) in [5, 5.41) is 7.25. The third-order valence-electron chi connectivity index (χ3n) is 4.73. The highest BCUT2D eigenvalue weighted by Gasteiger charge is 2.30. The normalized spacial score (nSPS) is 19.0. The number of hydrogen-bond acceptors (Lipinski definition) is 5. The number of benzene rings is 1. The Hall–Kier alpha value is -3.09. The predicted octanol–water partition coefficient (Wildman–Crippen LogP) is 3.60. The van der Waals surface area contributed by atoms with Crippen LogP contribution in [0, 0.1) is 5.41 Å². The number of ether oxygens (including phenoxy) is 1. The Balaban J connectivity index is 1.80. The molecule has 1 unspecified atom stereocenters. The van der Waals surface area contributed by atoms with Crippen LogP contribution in [0.2, 0.25) is 0 Å². The van der Waals surface area contributed by atoms with Crippen LogP contribution in [0.5, 0.6) is 5.75 Å². The Morgan fingerprint density at radius 3 is 2.96 bits per heavy atom. The van der Waals surface area contributed by atoms with Crippen molar-refractivity contribution in [2.24, 2.45) is 5.41 Å². The van der Waals surface area contributed by atoms with Gasteiger partial charge in [0.2, 0.25) is 5.89 Å². The Bertz CT molecular complexity index is 957. The smallest absolute Gasteiger partial charge is 0.277 e. The maximum Gasteiger partial charge on any atom is 0.277 e. The standard InChI is InChI=1S/C19H20N4O3/c1-12-19(2,3)11-23-9-13(8-20-23)18-22-15(10-25-18)17(24)21-14-6-4-5-7-16(14)26-12/h4-10,12H,11H2,1-3H3,(H,21,24). The van der Waals surface area contributed by atoms with Crippen molar-refractivity contribution in [1.29, 1.82) is 0 Å². The number of anilines is 1. The third-order valence-corrected chi connectivity index (χ3v) is 4.73. The van der Waals surface area contributed by atoms with Crippen LogP contribution in [0.1, 0.15) is 31.3 Å². The van der Waals surface area contributed by atoms with Gasteiger partial charge in [0.05, 0.1) is 17.4 Å². The molecule has 1 aliphatic heterocycles. The van der Waals surface area contributed by atoms with Gasteiger partial charge in [-0.3, -0.25) is 9.48 Å². The van der Waals surface area contributed by atoms with Crippen molar-refractivity contribution < 1.29 is 13.9 Å². The molecular weight excluding hydrogens is 332 g/mol. The minimum absolute atomic E-state index is 0.110. The Kier molecular flexibility index (Phi) is 3.79. The first-order chi connectivity index (χ1) is 12.4. The molecule has 0 radical (unpaired) electrons. The average Bonchev–Trinajstić information content (AvgIpc) is 3.24. The van der Waals surface area contributed by atoms with Crippen LogP contribution < -0.4 is 10.1 Å². The van der Waals surface area contributed by atoms with E-state index in [1.807, 2.05) is 36.0 Å². The van der Waals surface area contributed by atoms with E-state index >= 15 is 0 Å². The monoisotopic (exact) mass is 352 g/mol. The fraction of sp³-hybridized carbons (Fsp3) is 0.316. The summed E-state index contributed by atoms with van der Waals surface area (Å²) in [7, 11) is 0. The molecule has 1 aliphatic rings. The van der Waals surface area contributed by atoms with Gasteiger partial charge in [0.1, 0.15) is 18.1 Å². The van der Waals surface area contributed by atoms with Crippen LogP contribution >= 0.6 is 0 Å². The molecule has 3 heterocycles. The minimum atomic E-state index is -0.354. The van der Waals surface area contributed by atoms with E-state index in [-0.39, 0.29) is 23.1 Å². The molecule has 0 saturated carbocycles. The highest BCUT2D eigenvalue weighted by molar-refractivity contribution is 6.03. The summed E-state index contributed by atoms with van der Waals surface area (Å²) >= 11 is 0. The van der Waals surface area contributed by atoms with E-state index in [0.29, 0.717) is 23.9 Å². The number of nitrogens with one attached hydrogen (secondary N) is 1. The second-order valence-electron chi connectivity index (χ2n) is 7.16. The fourth-order valence-electron chi connectivity index (χ4n) is 2.83. The summed E-state index contributed by atoms with van der Waals surface area (Å²) in [5.41, 5.74) is 1.33. The summed E-state index contributed by atoms with van der Waals surface area (Å²) < 4.78 is 13.5. The van der Waals surface area contributed by atoms with Gasteiger partial charge in [0.15, 0.2) is 5.69 Å². The molecule has 0 spiro atoms. The fourth-order valence-corrected chi connectivity index (χ4v) is 2.83. The first-order valence-corrected chi connectivity index (χ1v) is 8.48. The number of carbonyl (C=O) groups is 1. The van der Waals surface area contributed by atoms with E-state index in [9.17, 15) is 4.79 Å². The Labute approximate surface area is 151 Å². The van der Waals surface area contributed by atoms with E-state index in [4.69, 9.17) is 9.15 Å². The van der Waals surface area contributed by atoms with Gasteiger partial charge in [-0.15, -0.1) is 0 Å². The van der Waals surface area contributed by atoms with Gasteiger partial charge in [0.25, 0.3) is 5.91 Å². The van der Waals surface area contributed by atoms with Gasteiger partial charge >= 0.3 is 0 Å². The second-order valence-corrected chi connectivity index (χ2v) is 7.16. The van der Waals surface area contributed by atoms with Crippen molar-refractivity contribution in [3.8, 4) is 17.2 Å². The first-order valence-electron chi connectivity index (χ1n) is 8.48. The molecule has 3 aromatic rings.